The van der Waals surface area contributed by atoms with Gasteiger partial charge in [0.15, 0.2) is 0 Å². The zero-order valence-electron chi connectivity index (χ0n) is 12.1. The van der Waals surface area contributed by atoms with E-state index in [1.165, 1.54) is 0 Å². The van der Waals surface area contributed by atoms with E-state index in [-0.39, 0.29) is 12.5 Å². The number of likely N-dealkylation sites (N-methyl/N-ethyl adjacent to an activating group) is 1. The first-order valence-corrected chi connectivity index (χ1v) is 6.29. The molecule has 0 saturated carbocycles. The van der Waals surface area contributed by atoms with Gasteiger partial charge in [0, 0.05) is 13.1 Å². The van der Waals surface area contributed by atoms with E-state index >= 15 is 0 Å². The van der Waals surface area contributed by atoms with E-state index in [0.717, 1.165) is 0 Å². The van der Waals surface area contributed by atoms with Gasteiger partial charge < -0.3 is 10.0 Å². The number of carbonyl (C=O) groups is 2. The zero-order chi connectivity index (χ0) is 15.1. The lowest BCUT2D eigenvalue weighted by molar-refractivity contribution is -0.150. The summed E-state index contributed by atoms with van der Waals surface area (Å²) in [5.41, 5.74) is -1.07. The summed E-state index contributed by atoms with van der Waals surface area (Å²) in [5, 5.41) is 9.20. The molecule has 19 heavy (non-hydrogen) atoms. The van der Waals surface area contributed by atoms with Gasteiger partial charge in [0.05, 0.1) is 6.54 Å². The quantitative estimate of drug-likeness (QED) is 0.642. The van der Waals surface area contributed by atoms with Crippen LogP contribution < -0.4 is 0 Å². The molecule has 0 rings (SSSR count). The normalized spacial score (nSPS) is 11.2. The van der Waals surface area contributed by atoms with Crippen LogP contribution in [0.3, 0.4) is 0 Å². The molecule has 5 heteroatoms. The van der Waals surface area contributed by atoms with Crippen LogP contribution in [0.4, 0.5) is 0 Å². The van der Waals surface area contributed by atoms with Gasteiger partial charge >= 0.3 is 5.97 Å². The van der Waals surface area contributed by atoms with Gasteiger partial charge in [0.25, 0.3) is 0 Å². The fourth-order valence-corrected chi connectivity index (χ4v) is 1.69. The van der Waals surface area contributed by atoms with E-state index in [0.29, 0.717) is 19.6 Å². The Hall–Kier alpha value is -1.62. The van der Waals surface area contributed by atoms with Crippen LogP contribution in [0.2, 0.25) is 0 Å². The summed E-state index contributed by atoms with van der Waals surface area (Å²) >= 11 is 0. The van der Waals surface area contributed by atoms with Gasteiger partial charge in [-0.05, 0) is 20.4 Å². The molecule has 0 fully saturated rings. The van der Waals surface area contributed by atoms with E-state index in [1.54, 1.807) is 35.8 Å². The van der Waals surface area contributed by atoms with Crippen molar-refractivity contribution < 1.29 is 14.7 Å². The number of carboxylic acids is 1. The fraction of sp³-hybridized carbons (Fsp3) is 0.571. The van der Waals surface area contributed by atoms with Gasteiger partial charge in [0.2, 0.25) is 5.91 Å². The molecule has 0 bridgehead atoms. The van der Waals surface area contributed by atoms with Crippen molar-refractivity contribution in [3.63, 3.8) is 0 Å². The Labute approximate surface area is 115 Å². The number of carbonyl (C=O) groups excluding carboxylic acids is 1. The van der Waals surface area contributed by atoms with E-state index in [1.807, 2.05) is 6.92 Å². The van der Waals surface area contributed by atoms with Crippen molar-refractivity contribution >= 4 is 11.9 Å². The minimum atomic E-state index is -1.07. The minimum Gasteiger partial charge on any atom is -0.480 e. The minimum absolute atomic E-state index is 0.0669. The van der Waals surface area contributed by atoms with Crippen LogP contribution in [0, 0.1) is 0 Å². The van der Waals surface area contributed by atoms with Crippen molar-refractivity contribution in [1.82, 2.24) is 9.80 Å². The summed E-state index contributed by atoms with van der Waals surface area (Å²) < 4.78 is 0. The van der Waals surface area contributed by atoms with Crippen molar-refractivity contribution in [3.05, 3.63) is 25.3 Å². The van der Waals surface area contributed by atoms with Crippen molar-refractivity contribution in [2.24, 2.45) is 0 Å². The first kappa shape index (κ1) is 17.4. The van der Waals surface area contributed by atoms with Gasteiger partial charge in [-0.1, -0.05) is 19.1 Å². The molecule has 0 aromatic carbocycles. The molecule has 0 spiro atoms. The van der Waals surface area contributed by atoms with E-state index in [2.05, 4.69) is 13.2 Å². The van der Waals surface area contributed by atoms with Crippen LogP contribution in [0.5, 0.6) is 0 Å². The molecule has 0 unspecified atom stereocenters. The molecule has 0 aliphatic heterocycles. The van der Waals surface area contributed by atoms with E-state index in [9.17, 15) is 14.7 Å². The monoisotopic (exact) mass is 268 g/mol. The summed E-state index contributed by atoms with van der Waals surface area (Å²) in [5.74, 6) is -1.07. The van der Waals surface area contributed by atoms with Gasteiger partial charge in [-0.2, -0.15) is 0 Å². The maximum Gasteiger partial charge on any atom is 0.323 e. The van der Waals surface area contributed by atoms with Crippen molar-refractivity contribution in [3.8, 4) is 0 Å². The van der Waals surface area contributed by atoms with Gasteiger partial charge in [-0.25, -0.2) is 0 Å². The first-order chi connectivity index (χ1) is 8.81. The Morgan fingerprint density at radius 1 is 1.21 bits per heavy atom. The highest BCUT2D eigenvalue weighted by molar-refractivity contribution is 5.82. The number of aliphatic carboxylic acids is 1. The van der Waals surface area contributed by atoms with E-state index < -0.39 is 11.5 Å². The third kappa shape index (κ3) is 4.87. The second kappa shape index (κ2) is 7.74. The summed E-state index contributed by atoms with van der Waals surface area (Å²) in [6.45, 7) is 13.6. The molecule has 108 valence electrons. The Morgan fingerprint density at radius 3 is 2.00 bits per heavy atom. The van der Waals surface area contributed by atoms with Crippen LogP contribution in [0.1, 0.15) is 20.8 Å². The average Bonchev–Trinajstić information content (AvgIpc) is 2.34. The molecular weight excluding hydrogens is 244 g/mol. The molecule has 0 aliphatic rings. The molecule has 0 heterocycles. The molecular formula is C14H24N2O3. The Bertz CT molecular complexity index is 341. The zero-order valence-corrected chi connectivity index (χ0v) is 12.1. The summed E-state index contributed by atoms with van der Waals surface area (Å²) in [4.78, 5) is 26.6. The van der Waals surface area contributed by atoms with Crippen molar-refractivity contribution in [1.29, 1.82) is 0 Å². The molecule has 1 N–H and O–H groups in total. The third-order valence-electron chi connectivity index (χ3n) is 3.07. The highest BCUT2D eigenvalue weighted by Crippen LogP contribution is 2.14. The fourth-order valence-electron chi connectivity index (χ4n) is 1.69. The van der Waals surface area contributed by atoms with Gasteiger partial charge in [-0.3, -0.25) is 14.5 Å². The maximum absolute atomic E-state index is 12.2. The Kier molecular flexibility index (Phi) is 7.08. The number of hydrogen-bond acceptors (Lipinski definition) is 3. The second-order valence-electron chi connectivity index (χ2n) is 4.75. The van der Waals surface area contributed by atoms with Crippen molar-refractivity contribution in [2.75, 3.05) is 26.2 Å². The number of carboxylic acid groups (broad SMARTS) is 1. The van der Waals surface area contributed by atoms with Gasteiger partial charge in [0.1, 0.15) is 5.54 Å². The highest BCUT2D eigenvalue weighted by atomic mass is 16.4. The summed E-state index contributed by atoms with van der Waals surface area (Å²) in [7, 11) is 0. The number of amides is 1. The SMILES string of the molecule is C=CCN(CC=C)C(=O)CN(CC)C(C)(C)C(=O)O. The van der Waals surface area contributed by atoms with E-state index in [4.69, 9.17) is 0 Å². The third-order valence-corrected chi connectivity index (χ3v) is 3.07. The highest BCUT2D eigenvalue weighted by Gasteiger charge is 2.35. The van der Waals surface area contributed by atoms with Crippen LogP contribution in [0.15, 0.2) is 25.3 Å². The lowest BCUT2D eigenvalue weighted by Crippen LogP contribution is -2.53. The molecule has 0 radical (unpaired) electrons. The lowest BCUT2D eigenvalue weighted by Gasteiger charge is -2.34. The van der Waals surface area contributed by atoms with Crippen LogP contribution in [0.25, 0.3) is 0 Å². The van der Waals surface area contributed by atoms with Crippen LogP contribution in [-0.2, 0) is 9.59 Å². The molecule has 0 aromatic heterocycles. The molecule has 5 nitrogen and oxygen atoms in total. The first-order valence-electron chi connectivity index (χ1n) is 6.29. The average molecular weight is 268 g/mol. The smallest absolute Gasteiger partial charge is 0.323 e. The molecule has 0 aromatic rings. The molecule has 0 aliphatic carbocycles. The Morgan fingerprint density at radius 2 is 1.68 bits per heavy atom. The number of hydrogen-bond donors (Lipinski definition) is 1. The van der Waals surface area contributed by atoms with Crippen LogP contribution in [-0.4, -0.2) is 58.5 Å². The largest absolute Gasteiger partial charge is 0.480 e. The predicted molar refractivity (Wildman–Crippen MR) is 75.9 cm³/mol. The molecule has 0 atom stereocenters. The van der Waals surface area contributed by atoms with Crippen LogP contribution >= 0.6 is 0 Å². The molecule has 0 saturated heterocycles. The number of nitrogens with zero attached hydrogens (tertiary/aromatic N) is 2. The summed E-state index contributed by atoms with van der Waals surface area (Å²) in [6, 6.07) is 0. The second-order valence-corrected chi connectivity index (χ2v) is 4.75. The summed E-state index contributed by atoms with van der Waals surface area (Å²) in [6.07, 6.45) is 3.28. The standard InChI is InChI=1S/C14H24N2O3/c1-6-9-15(10-7-2)12(17)11-16(8-3)14(4,5)13(18)19/h6-7H,1-2,8-11H2,3-5H3,(H,18,19). The van der Waals surface area contributed by atoms with Crippen molar-refractivity contribution in [2.45, 2.75) is 26.3 Å². The predicted octanol–water partition coefficient (Wildman–Crippen LogP) is 1.37. The van der Waals surface area contributed by atoms with Gasteiger partial charge in [-0.15, -0.1) is 13.2 Å². The number of rotatable bonds is 9. The molecule has 1 amide bonds. The Balaban J connectivity index is 4.86. The maximum atomic E-state index is 12.2. The topological polar surface area (TPSA) is 60.9 Å². The lowest BCUT2D eigenvalue weighted by atomic mass is 10.0.